The van der Waals surface area contributed by atoms with Crippen molar-refractivity contribution >= 4 is 22.4 Å². The zero-order valence-electron chi connectivity index (χ0n) is 14.5. The van der Waals surface area contributed by atoms with Crippen LogP contribution in [-0.4, -0.2) is 5.91 Å². The highest BCUT2D eigenvalue weighted by Crippen LogP contribution is 2.29. The third-order valence-corrected chi connectivity index (χ3v) is 4.46. The van der Waals surface area contributed by atoms with Crippen molar-refractivity contribution in [2.75, 3.05) is 0 Å². The van der Waals surface area contributed by atoms with Gasteiger partial charge in [-0.05, 0) is 60.0 Å². The topological polar surface area (TPSA) is 58.5 Å². The molecule has 0 aliphatic heterocycles. The number of nitrogens with zero attached hydrogens (tertiary/aromatic N) is 1. The van der Waals surface area contributed by atoms with Gasteiger partial charge in [-0.1, -0.05) is 48.5 Å². The quantitative estimate of drug-likeness (QED) is 0.667. The van der Waals surface area contributed by atoms with Crippen molar-refractivity contribution < 1.29 is 4.79 Å². The fourth-order valence-electron chi connectivity index (χ4n) is 3.10. The number of hydrogen-bond acceptors (Lipinski definition) is 3. The molecule has 0 unspecified atom stereocenters. The lowest BCUT2D eigenvalue weighted by molar-refractivity contribution is 0.0912. The molecule has 4 nitrogen and oxygen atoms in total. The van der Waals surface area contributed by atoms with E-state index in [9.17, 15) is 9.70 Å². The smallest absolute Gasteiger partial charge is 0.252 e. The van der Waals surface area contributed by atoms with Gasteiger partial charge < -0.3 is 5.32 Å². The van der Waals surface area contributed by atoms with Crippen LogP contribution in [0.3, 0.4) is 0 Å². The lowest BCUT2D eigenvalue weighted by atomic mass is 9.89. The number of carbonyl (C=O) groups is 1. The van der Waals surface area contributed by atoms with Gasteiger partial charge in [0, 0.05) is 5.56 Å². The summed E-state index contributed by atoms with van der Waals surface area (Å²) in [6, 6.07) is 19.0. The Morgan fingerprint density at radius 3 is 2.48 bits per heavy atom. The summed E-state index contributed by atoms with van der Waals surface area (Å²) in [5.41, 5.74) is 1.98. The van der Waals surface area contributed by atoms with E-state index in [1.54, 1.807) is 12.1 Å². The second-order valence-corrected chi connectivity index (χ2v) is 6.70. The van der Waals surface area contributed by atoms with Crippen molar-refractivity contribution in [2.24, 2.45) is 5.18 Å². The van der Waals surface area contributed by atoms with Crippen LogP contribution in [0.25, 0.3) is 10.8 Å². The van der Waals surface area contributed by atoms with Crippen LogP contribution < -0.4 is 5.32 Å². The maximum atomic E-state index is 12.8. The average molecular weight is 332 g/mol. The molecule has 0 heterocycles. The monoisotopic (exact) mass is 332 g/mol. The van der Waals surface area contributed by atoms with Crippen molar-refractivity contribution in [3.8, 4) is 0 Å². The highest BCUT2D eigenvalue weighted by molar-refractivity contribution is 5.97. The lowest BCUT2D eigenvalue weighted by Crippen LogP contribution is -2.41. The SMILES string of the molecule is Cc1ccc(N=O)cc1C(=O)NC(C)(C)c1cccc2ccccc12. The first kappa shape index (κ1) is 16.8. The molecule has 0 aliphatic carbocycles. The highest BCUT2D eigenvalue weighted by Gasteiger charge is 2.26. The van der Waals surface area contributed by atoms with Gasteiger partial charge in [-0.15, -0.1) is 4.91 Å². The van der Waals surface area contributed by atoms with E-state index >= 15 is 0 Å². The van der Waals surface area contributed by atoms with E-state index in [0.717, 1.165) is 21.9 Å². The van der Waals surface area contributed by atoms with E-state index < -0.39 is 5.54 Å². The summed E-state index contributed by atoms with van der Waals surface area (Å²) in [5.74, 6) is -0.221. The van der Waals surface area contributed by atoms with E-state index in [2.05, 4.69) is 28.7 Å². The van der Waals surface area contributed by atoms with Crippen molar-refractivity contribution in [2.45, 2.75) is 26.3 Å². The average Bonchev–Trinajstić information content (AvgIpc) is 2.61. The van der Waals surface area contributed by atoms with E-state index in [4.69, 9.17) is 0 Å². The van der Waals surface area contributed by atoms with Crippen molar-refractivity contribution in [3.05, 3.63) is 82.3 Å². The fraction of sp³-hybridized carbons (Fsp3) is 0.190. The molecule has 0 aliphatic rings. The summed E-state index contributed by atoms with van der Waals surface area (Å²) in [6.45, 7) is 5.79. The third-order valence-electron chi connectivity index (χ3n) is 4.46. The molecule has 25 heavy (non-hydrogen) atoms. The summed E-state index contributed by atoms with van der Waals surface area (Å²) in [7, 11) is 0. The lowest BCUT2D eigenvalue weighted by Gasteiger charge is -2.28. The Hall–Kier alpha value is -3.01. The van der Waals surface area contributed by atoms with Crippen LogP contribution in [0, 0.1) is 11.8 Å². The van der Waals surface area contributed by atoms with Crippen LogP contribution in [-0.2, 0) is 5.54 Å². The van der Waals surface area contributed by atoms with Gasteiger partial charge in [-0.3, -0.25) is 4.79 Å². The summed E-state index contributed by atoms with van der Waals surface area (Å²) in [5, 5.41) is 8.25. The van der Waals surface area contributed by atoms with Crippen molar-refractivity contribution in [1.29, 1.82) is 0 Å². The van der Waals surface area contributed by atoms with Crippen LogP contribution in [0.4, 0.5) is 5.69 Å². The molecule has 4 heteroatoms. The molecule has 126 valence electrons. The second-order valence-electron chi connectivity index (χ2n) is 6.70. The molecule has 1 N–H and O–H groups in total. The number of nitroso groups, excluding NO2 is 1. The van der Waals surface area contributed by atoms with E-state index in [-0.39, 0.29) is 11.6 Å². The number of nitrogens with one attached hydrogen (secondary N) is 1. The fourth-order valence-corrected chi connectivity index (χ4v) is 3.10. The zero-order chi connectivity index (χ0) is 18.0. The van der Waals surface area contributed by atoms with Crippen LogP contribution in [0.1, 0.15) is 35.3 Å². The van der Waals surface area contributed by atoms with Crippen LogP contribution in [0.15, 0.2) is 65.8 Å². The molecular formula is C21H20N2O2. The van der Waals surface area contributed by atoms with Crippen LogP contribution in [0.2, 0.25) is 0 Å². The number of hydrogen-bond donors (Lipinski definition) is 1. The Kier molecular flexibility index (Phi) is 4.36. The first-order chi connectivity index (χ1) is 11.9. The second kappa shape index (κ2) is 6.48. The molecular weight excluding hydrogens is 312 g/mol. The highest BCUT2D eigenvalue weighted by atomic mass is 16.3. The van der Waals surface area contributed by atoms with Gasteiger partial charge in [-0.25, -0.2) is 0 Å². The normalized spacial score (nSPS) is 11.3. The zero-order valence-corrected chi connectivity index (χ0v) is 14.5. The molecule has 0 bridgehead atoms. The van der Waals surface area contributed by atoms with Crippen molar-refractivity contribution in [1.82, 2.24) is 5.32 Å². The summed E-state index contributed by atoms with van der Waals surface area (Å²) >= 11 is 0. The predicted molar refractivity (Wildman–Crippen MR) is 101 cm³/mol. The van der Waals surface area contributed by atoms with Gasteiger partial charge in [0.2, 0.25) is 0 Å². The predicted octanol–water partition coefficient (Wildman–Crippen LogP) is 5.21. The summed E-state index contributed by atoms with van der Waals surface area (Å²) in [6.07, 6.45) is 0. The van der Waals surface area contributed by atoms with E-state index in [1.807, 2.05) is 45.0 Å². The molecule has 3 aromatic carbocycles. The Morgan fingerprint density at radius 1 is 1.00 bits per heavy atom. The number of rotatable bonds is 4. The largest absolute Gasteiger partial charge is 0.343 e. The molecule has 3 aromatic rings. The minimum Gasteiger partial charge on any atom is -0.343 e. The van der Waals surface area contributed by atoms with Crippen molar-refractivity contribution in [3.63, 3.8) is 0 Å². The van der Waals surface area contributed by atoms with Crippen LogP contribution in [0.5, 0.6) is 0 Å². The number of amides is 1. The molecule has 1 amide bonds. The maximum Gasteiger partial charge on any atom is 0.252 e. The Morgan fingerprint density at radius 2 is 1.72 bits per heavy atom. The Balaban J connectivity index is 1.98. The Labute approximate surface area is 146 Å². The molecule has 3 rings (SSSR count). The molecule has 0 atom stereocenters. The van der Waals surface area contributed by atoms with Gasteiger partial charge in [0.25, 0.3) is 5.91 Å². The molecule has 0 saturated carbocycles. The number of carbonyl (C=O) groups excluding carboxylic acids is 1. The van der Waals surface area contributed by atoms with Gasteiger partial charge in [0.05, 0.1) is 5.54 Å². The first-order valence-electron chi connectivity index (χ1n) is 8.17. The third kappa shape index (κ3) is 3.29. The first-order valence-corrected chi connectivity index (χ1v) is 8.17. The van der Waals surface area contributed by atoms with Gasteiger partial charge in [-0.2, -0.15) is 0 Å². The van der Waals surface area contributed by atoms with Gasteiger partial charge in [0.15, 0.2) is 0 Å². The van der Waals surface area contributed by atoms with E-state index in [0.29, 0.717) is 5.56 Å². The minimum atomic E-state index is -0.574. The Bertz CT molecular complexity index is 956. The van der Waals surface area contributed by atoms with Gasteiger partial charge >= 0.3 is 0 Å². The molecule has 0 spiro atoms. The van der Waals surface area contributed by atoms with E-state index in [1.165, 1.54) is 6.07 Å². The molecule has 0 aromatic heterocycles. The van der Waals surface area contributed by atoms with Crippen LogP contribution >= 0.6 is 0 Å². The number of benzene rings is 3. The maximum absolute atomic E-state index is 12.8. The number of aryl methyl sites for hydroxylation is 1. The summed E-state index contributed by atoms with van der Waals surface area (Å²) in [4.78, 5) is 23.6. The molecule has 0 fully saturated rings. The molecule has 0 radical (unpaired) electrons. The van der Waals surface area contributed by atoms with Gasteiger partial charge in [0.1, 0.15) is 5.69 Å². The number of fused-ring (bicyclic) bond motifs is 1. The minimum absolute atomic E-state index is 0.221. The molecule has 0 saturated heterocycles. The standard InChI is InChI=1S/C21H20N2O2/c1-14-11-12-16(23-25)13-18(14)20(24)22-21(2,3)19-10-6-8-15-7-4-5-9-17(15)19/h4-13H,1-3H3,(H,22,24). The summed E-state index contributed by atoms with van der Waals surface area (Å²) < 4.78 is 0.